The molecule has 1 amide bonds. The lowest BCUT2D eigenvalue weighted by molar-refractivity contribution is -0.106. The van der Waals surface area contributed by atoms with Crippen molar-refractivity contribution in [2.45, 2.75) is 13.3 Å². The number of carbonyl (C=O) groups is 1. The maximum absolute atomic E-state index is 8.58. The van der Waals surface area contributed by atoms with Gasteiger partial charge < -0.3 is 11.1 Å². The van der Waals surface area contributed by atoms with Gasteiger partial charge in [0.2, 0.25) is 6.41 Å². The van der Waals surface area contributed by atoms with E-state index < -0.39 is 0 Å². The van der Waals surface area contributed by atoms with Crippen LogP contribution in [0.15, 0.2) is 36.5 Å². The predicted octanol–water partition coefficient (Wildman–Crippen LogP) is 1.99. The van der Waals surface area contributed by atoms with Crippen LogP contribution >= 0.6 is 11.6 Å². The molecule has 0 atom stereocenters. The Hall–Kier alpha value is -1.06. The lowest BCUT2D eigenvalue weighted by atomic mass is 10.2. The molecule has 16 heavy (non-hydrogen) atoms. The molecule has 0 radical (unpaired) electrons. The van der Waals surface area contributed by atoms with Crippen LogP contribution in [0.5, 0.6) is 0 Å². The molecule has 0 saturated heterocycles. The summed E-state index contributed by atoms with van der Waals surface area (Å²) in [5.41, 5.74) is 5.38. The van der Waals surface area contributed by atoms with Crippen molar-refractivity contribution in [3.8, 4) is 0 Å². The van der Waals surface area contributed by atoms with Gasteiger partial charge in [0.1, 0.15) is 0 Å². The average molecular weight is 245 g/mol. The zero-order valence-electron chi connectivity index (χ0n) is 9.79. The van der Waals surface area contributed by atoms with E-state index in [0.717, 1.165) is 25.4 Å². The number of halogens is 1. The highest BCUT2D eigenvalue weighted by molar-refractivity contribution is 6.17. The minimum atomic E-state index is 0.250. The lowest BCUT2D eigenvalue weighted by Crippen LogP contribution is -2.15. The predicted molar refractivity (Wildman–Crippen MR) is 71.6 cm³/mol. The first-order valence-corrected chi connectivity index (χ1v) is 5.64. The summed E-state index contributed by atoms with van der Waals surface area (Å²) in [6.07, 6.45) is 9.23. The fraction of sp³-hybridized carbons (Fsp3) is 0.417. The molecule has 0 aliphatic heterocycles. The summed E-state index contributed by atoms with van der Waals surface area (Å²) in [5.74, 6) is 0.728. The van der Waals surface area contributed by atoms with Crippen molar-refractivity contribution < 1.29 is 4.79 Å². The largest absolute Gasteiger partial charge is 0.372 e. The van der Waals surface area contributed by atoms with E-state index >= 15 is 0 Å². The number of rotatable bonds is 7. The first kappa shape index (κ1) is 17.3. The SMILES string of the molecule is C=C/C=C(C)\C=C/CNCCCCl.NC=O. The van der Waals surface area contributed by atoms with Crippen LogP contribution in [0.4, 0.5) is 0 Å². The smallest absolute Gasteiger partial charge is 0.204 e. The molecule has 0 aromatic carbocycles. The van der Waals surface area contributed by atoms with Gasteiger partial charge >= 0.3 is 0 Å². The van der Waals surface area contributed by atoms with Gasteiger partial charge in [0.25, 0.3) is 0 Å². The summed E-state index contributed by atoms with van der Waals surface area (Å²) in [6.45, 7) is 7.57. The van der Waals surface area contributed by atoms with Gasteiger partial charge in [-0.05, 0) is 19.9 Å². The van der Waals surface area contributed by atoms with Crippen LogP contribution in [-0.2, 0) is 4.79 Å². The lowest BCUT2D eigenvalue weighted by Gasteiger charge is -1.97. The van der Waals surface area contributed by atoms with Crippen LogP contribution in [0, 0.1) is 0 Å². The van der Waals surface area contributed by atoms with E-state index in [-0.39, 0.29) is 6.41 Å². The number of allylic oxidation sites excluding steroid dienone is 4. The summed E-state index contributed by atoms with van der Waals surface area (Å²) in [7, 11) is 0. The highest BCUT2D eigenvalue weighted by atomic mass is 35.5. The number of primary amides is 1. The van der Waals surface area contributed by atoms with Gasteiger partial charge in [0.05, 0.1) is 0 Å². The van der Waals surface area contributed by atoms with Crippen LogP contribution in [-0.4, -0.2) is 25.4 Å². The Kier molecular flexibility index (Phi) is 17.7. The molecule has 0 aliphatic carbocycles. The molecule has 0 aromatic heterocycles. The third kappa shape index (κ3) is 18.7. The highest BCUT2D eigenvalue weighted by Gasteiger charge is 1.82. The number of amides is 1. The maximum atomic E-state index is 8.58. The molecule has 0 rings (SSSR count). The maximum Gasteiger partial charge on any atom is 0.204 e. The minimum absolute atomic E-state index is 0.250. The Balaban J connectivity index is 0. The number of nitrogens with one attached hydrogen (secondary N) is 1. The van der Waals surface area contributed by atoms with Crippen molar-refractivity contribution in [1.82, 2.24) is 5.32 Å². The number of hydrogen-bond acceptors (Lipinski definition) is 2. The molecule has 0 fully saturated rings. The van der Waals surface area contributed by atoms with E-state index in [1.165, 1.54) is 5.57 Å². The van der Waals surface area contributed by atoms with E-state index in [1.54, 1.807) is 6.08 Å². The fourth-order valence-electron chi connectivity index (χ4n) is 0.863. The number of hydrogen-bond donors (Lipinski definition) is 2. The highest BCUT2D eigenvalue weighted by Crippen LogP contribution is 1.93. The van der Waals surface area contributed by atoms with Gasteiger partial charge in [-0.2, -0.15) is 0 Å². The molecule has 0 aromatic rings. The Labute approximate surface area is 103 Å². The first-order valence-electron chi connectivity index (χ1n) is 5.10. The van der Waals surface area contributed by atoms with Crippen molar-refractivity contribution in [3.05, 3.63) is 36.5 Å². The van der Waals surface area contributed by atoms with Crippen LogP contribution < -0.4 is 11.1 Å². The second-order valence-corrected chi connectivity index (χ2v) is 3.31. The molecule has 92 valence electrons. The number of alkyl halides is 1. The quantitative estimate of drug-likeness (QED) is 0.312. The van der Waals surface area contributed by atoms with Crippen LogP contribution in [0.1, 0.15) is 13.3 Å². The Bertz CT molecular complexity index is 225. The molecular formula is C12H21ClN2O. The second-order valence-electron chi connectivity index (χ2n) is 2.93. The van der Waals surface area contributed by atoms with Crippen LogP contribution in [0.25, 0.3) is 0 Å². The summed E-state index contributed by atoms with van der Waals surface area (Å²) in [6, 6.07) is 0. The molecule has 4 heteroatoms. The van der Waals surface area contributed by atoms with Crippen molar-refractivity contribution in [2.24, 2.45) is 5.73 Å². The molecule has 0 heterocycles. The Morgan fingerprint density at radius 1 is 1.56 bits per heavy atom. The molecule has 0 spiro atoms. The second kappa shape index (κ2) is 16.4. The third-order valence-electron chi connectivity index (χ3n) is 1.51. The van der Waals surface area contributed by atoms with Crippen molar-refractivity contribution in [1.29, 1.82) is 0 Å². The normalized spacial score (nSPS) is 10.8. The molecule has 0 unspecified atom stereocenters. The van der Waals surface area contributed by atoms with E-state index in [0.29, 0.717) is 0 Å². The van der Waals surface area contributed by atoms with Crippen molar-refractivity contribution in [2.75, 3.05) is 19.0 Å². The zero-order valence-corrected chi connectivity index (χ0v) is 10.5. The fourth-order valence-corrected chi connectivity index (χ4v) is 0.997. The minimum Gasteiger partial charge on any atom is -0.372 e. The van der Waals surface area contributed by atoms with E-state index in [9.17, 15) is 0 Å². The zero-order chi connectivity index (χ0) is 12.6. The van der Waals surface area contributed by atoms with Gasteiger partial charge in [-0.25, -0.2) is 0 Å². The van der Waals surface area contributed by atoms with E-state index in [1.807, 2.05) is 6.08 Å². The molecule has 3 N–H and O–H groups in total. The van der Waals surface area contributed by atoms with Crippen LogP contribution in [0.2, 0.25) is 0 Å². The first-order chi connectivity index (χ1) is 7.72. The van der Waals surface area contributed by atoms with Gasteiger partial charge in [-0.3, -0.25) is 4.79 Å². The topological polar surface area (TPSA) is 55.1 Å². The van der Waals surface area contributed by atoms with E-state index in [2.05, 4.69) is 36.7 Å². The Morgan fingerprint density at radius 3 is 2.69 bits per heavy atom. The molecule has 0 aliphatic rings. The Morgan fingerprint density at radius 2 is 2.19 bits per heavy atom. The van der Waals surface area contributed by atoms with Crippen molar-refractivity contribution >= 4 is 18.0 Å². The molecular weight excluding hydrogens is 224 g/mol. The van der Waals surface area contributed by atoms with Gasteiger partial charge in [-0.15, -0.1) is 11.6 Å². The molecule has 3 nitrogen and oxygen atoms in total. The monoisotopic (exact) mass is 244 g/mol. The molecule has 0 bridgehead atoms. The van der Waals surface area contributed by atoms with Gasteiger partial charge in [0, 0.05) is 12.4 Å². The summed E-state index contributed by atoms with van der Waals surface area (Å²) >= 11 is 5.53. The summed E-state index contributed by atoms with van der Waals surface area (Å²) in [5, 5.41) is 3.26. The van der Waals surface area contributed by atoms with Gasteiger partial charge in [-0.1, -0.05) is 36.5 Å². The van der Waals surface area contributed by atoms with Gasteiger partial charge in [0.15, 0.2) is 0 Å². The standard InChI is InChI=1S/C11H18ClN.CH3NO/c1-3-6-11(2)7-4-9-13-10-5-8-12;2-1-3/h3-4,6-7,13H,1,5,8-10H2,2H3;1H,(H2,2,3)/b7-4-,11-6-;. The third-order valence-corrected chi connectivity index (χ3v) is 1.78. The summed E-state index contributed by atoms with van der Waals surface area (Å²) < 4.78 is 0. The van der Waals surface area contributed by atoms with E-state index in [4.69, 9.17) is 16.4 Å². The molecule has 0 saturated carbocycles. The summed E-state index contributed by atoms with van der Waals surface area (Å²) in [4.78, 5) is 8.58. The number of nitrogens with two attached hydrogens (primary N) is 1. The van der Waals surface area contributed by atoms with Crippen molar-refractivity contribution in [3.63, 3.8) is 0 Å². The average Bonchev–Trinajstić information content (AvgIpc) is 2.25. The van der Waals surface area contributed by atoms with Crippen LogP contribution in [0.3, 0.4) is 0 Å². The number of carbonyl (C=O) groups excluding carboxylic acids is 1.